The van der Waals surface area contributed by atoms with Crippen molar-refractivity contribution in [1.29, 1.82) is 0 Å². The fourth-order valence-electron chi connectivity index (χ4n) is 4.09. The van der Waals surface area contributed by atoms with Gasteiger partial charge < -0.3 is 15.7 Å². The van der Waals surface area contributed by atoms with Crippen LogP contribution in [0.3, 0.4) is 0 Å². The summed E-state index contributed by atoms with van der Waals surface area (Å²) in [5.74, 6) is -1.68. The van der Waals surface area contributed by atoms with Crippen molar-refractivity contribution in [1.82, 2.24) is 10.6 Å². The first-order valence-corrected chi connectivity index (χ1v) is 11.6. The summed E-state index contributed by atoms with van der Waals surface area (Å²) in [5.41, 5.74) is 3.67. The smallest absolute Gasteiger partial charge is 0.217 e. The van der Waals surface area contributed by atoms with Crippen LogP contribution in [0, 0.1) is 11.6 Å². The molecular formula is C25H26F2N2O2S. The lowest BCUT2D eigenvalue weighted by Gasteiger charge is -2.27. The standard InChI is InChI=1S/C25H26F2N2O2S/c1-16(30)29-23(11-17-9-21(26)13-22(27)10-17)24(31)14-28-25(6-7-25)20-4-2-3-18(12-20)19-5-8-32-15-19/h2-5,8-10,12-13,15,23-24,28,31H,6-7,11,14H2,1H3,(H,29,30)/t23-,24-/m0/s1. The highest BCUT2D eigenvalue weighted by molar-refractivity contribution is 7.08. The Morgan fingerprint density at radius 2 is 1.88 bits per heavy atom. The Morgan fingerprint density at radius 1 is 1.12 bits per heavy atom. The molecule has 1 aliphatic rings. The summed E-state index contributed by atoms with van der Waals surface area (Å²) in [7, 11) is 0. The molecule has 1 amide bonds. The van der Waals surface area contributed by atoms with E-state index in [1.54, 1.807) is 11.3 Å². The SMILES string of the molecule is CC(=O)N[C@@H](Cc1cc(F)cc(F)c1)[C@@H](O)CNC1(c2cccc(-c3ccsc3)c2)CC1. The van der Waals surface area contributed by atoms with Gasteiger partial charge in [-0.3, -0.25) is 4.79 Å². The molecule has 3 aromatic rings. The van der Waals surface area contributed by atoms with Crippen molar-refractivity contribution >= 4 is 17.2 Å². The number of hydrogen-bond acceptors (Lipinski definition) is 4. The van der Waals surface area contributed by atoms with E-state index in [1.807, 2.05) is 6.07 Å². The predicted molar refractivity (Wildman–Crippen MR) is 122 cm³/mol. The molecule has 1 aromatic heterocycles. The van der Waals surface area contributed by atoms with E-state index in [9.17, 15) is 18.7 Å². The molecule has 0 radical (unpaired) electrons. The Kier molecular flexibility index (Phi) is 6.69. The van der Waals surface area contributed by atoms with Gasteiger partial charge in [0.05, 0.1) is 12.1 Å². The number of hydrogen-bond donors (Lipinski definition) is 3. The number of amides is 1. The second kappa shape index (κ2) is 9.48. The van der Waals surface area contributed by atoms with E-state index in [0.29, 0.717) is 5.56 Å². The van der Waals surface area contributed by atoms with Crippen molar-refractivity contribution in [2.75, 3.05) is 6.54 Å². The molecule has 1 aliphatic carbocycles. The highest BCUT2D eigenvalue weighted by Crippen LogP contribution is 2.46. The Bertz CT molecular complexity index is 1060. The van der Waals surface area contributed by atoms with Crippen LogP contribution in [0.4, 0.5) is 8.78 Å². The van der Waals surface area contributed by atoms with Crippen molar-refractivity contribution in [2.24, 2.45) is 0 Å². The van der Waals surface area contributed by atoms with Crippen LogP contribution >= 0.6 is 11.3 Å². The van der Waals surface area contributed by atoms with Gasteiger partial charge in [0.1, 0.15) is 11.6 Å². The molecule has 3 N–H and O–H groups in total. The monoisotopic (exact) mass is 456 g/mol. The molecule has 2 atom stereocenters. The molecule has 32 heavy (non-hydrogen) atoms. The van der Waals surface area contributed by atoms with Gasteiger partial charge in [-0.05, 0) is 76.5 Å². The zero-order chi connectivity index (χ0) is 22.7. The summed E-state index contributed by atoms with van der Waals surface area (Å²) in [6.07, 6.45) is 1.10. The van der Waals surface area contributed by atoms with E-state index >= 15 is 0 Å². The topological polar surface area (TPSA) is 61.4 Å². The lowest BCUT2D eigenvalue weighted by atomic mass is 9.97. The quantitative estimate of drug-likeness (QED) is 0.448. The van der Waals surface area contributed by atoms with Crippen LogP contribution in [-0.4, -0.2) is 29.7 Å². The molecule has 0 spiro atoms. The first-order valence-electron chi connectivity index (χ1n) is 10.6. The van der Waals surface area contributed by atoms with E-state index in [4.69, 9.17) is 0 Å². The van der Waals surface area contributed by atoms with Gasteiger partial charge >= 0.3 is 0 Å². The molecule has 0 saturated heterocycles. The van der Waals surface area contributed by atoms with Crippen LogP contribution in [0.1, 0.15) is 30.9 Å². The first-order chi connectivity index (χ1) is 15.3. The minimum Gasteiger partial charge on any atom is -0.390 e. The fourth-order valence-corrected chi connectivity index (χ4v) is 4.75. The number of thiophene rings is 1. The summed E-state index contributed by atoms with van der Waals surface area (Å²) >= 11 is 1.66. The second-order valence-electron chi connectivity index (χ2n) is 8.41. The summed E-state index contributed by atoms with van der Waals surface area (Å²) < 4.78 is 27.2. The van der Waals surface area contributed by atoms with Gasteiger partial charge in [-0.1, -0.05) is 18.2 Å². The summed E-state index contributed by atoms with van der Waals surface area (Å²) in [6, 6.07) is 13.0. The maximum Gasteiger partial charge on any atom is 0.217 e. The molecule has 0 unspecified atom stereocenters. The maximum absolute atomic E-state index is 13.6. The zero-order valence-corrected chi connectivity index (χ0v) is 18.6. The molecule has 1 heterocycles. The zero-order valence-electron chi connectivity index (χ0n) is 17.8. The normalized spacial score (nSPS) is 16.4. The van der Waals surface area contributed by atoms with E-state index in [0.717, 1.165) is 30.0 Å². The Hall–Kier alpha value is -2.61. The number of carbonyl (C=O) groups is 1. The number of carbonyl (C=O) groups excluding carboxylic acids is 1. The average molecular weight is 457 g/mol. The third kappa shape index (κ3) is 5.41. The van der Waals surface area contributed by atoms with Crippen LogP contribution in [-0.2, 0) is 16.8 Å². The van der Waals surface area contributed by atoms with Crippen LogP contribution in [0.2, 0.25) is 0 Å². The van der Waals surface area contributed by atoms with Crippen LogP contribution < -0.4 is 10.6 Å². The van der Waals surface area contributed by atoms with Gasteiger partial charge in [-0.2, -0.15) is 11.3 Å². The highest BCUT2D eigenvalue weighted by atomic mass is 32.1. The summed E-state index contributed by atoms with van der Waals surface area (Å²) in [4.78, 5) is 11.7. The van der Waals surface area contributed by atoms with Crippen LogP contribution in [0.25, 0.3) is 11.1 Å². The highest BCUT2D eigenvalue weighted by Gasteiger charge is 2.44. The number of rotatable bonds is 9. The van der Waals surface area contributed by atoms with E-state index < -0.39 is 23.8 Å². The van der Waals surface area contributed by atoms with Gasteiger partial charge in [0, 0.05) is 25.1 Å². The Labute approximate surface area is 190 Å². The largest absolute Gasteiger partial charge is 0.390 e. The van der Waals surface area contributed by atoms with E-state index in [1.165, 1.54) is 24.6 Å². The summed E-state index contributed by atoms with van der Waals surface area (Å²) in [5, 5.41) is 21.2. The number of aliphatic hydroxyl groups is 1. The fraction of sp³-hybridized carbons (Fsp3) is 0.320. The maximum atomic E-state index is 13.6. The molecule has 2 aromatic carbocycles. The molecule has 0 bridgehead atoms. The van der Waals surface area contributed by atoms with Crippen LogP contribution in [0.15, 0.2) is 59.3 Å². The molecule has 1 saturated carbocycles. The van der Waals surface area contributed by atoms with Gasteiger partial charge in [0.15, 0.2) is 0 Å². The Morgan fingerprint density at radius 3 is 2.50 bits per heavy atom. The van der Waals surface area contributed by atoms with Crippen molar-refractivity contribution in [3.05, 3.63) is 82.1 Å². The van der Waals surface area contributed by atoms with Crippen molar-refractivity contribution in [3.8, 4) is 11.1 Å². The molecular weight excluding hydrogens is 430 g/mol. The molecule has 168 valence electrons. The van der Waals surface area contributed by atoms with Gasteiger partial charge in [-0.15, -0.1) is 0 Å². The molecule has 4 nitrogen and oxygen atoms in total. The molecule has 7 heteroatoms. The minimum absolute atomic E-state index is 0.123. The lowest BCUT2D eigenvalue weighted by molar-refractivity contribution is -0.120. The number of halogens is 2. The minimum atomic E-state index is -0.928. The van der Waals surface area contributed by atoms with Gasteiger partial charge in [-0.25, -0.2) is 8.78 Å². The third-order valence-electron chi connectivity index (χ3n) is 5.90. The van der Waals surface area contributed by atoms with E-state index in [2.05, 4.69) is 45.7 Å². The molecule has 1 fully saturated rings. The van der Waals surface area contributed by atoms with Crippen molar-refractivity contribution < 1.29 is 18.7 Å². The first kappa shape index (κ1) is 22.6. The van der Waals surface area contributed by atoms with Gasteiger partial charge in [0.2, 0.25) is 5.91 Å². The third-order valence-corrected chi connectivity index (χ3v) is 6.58. The van der Waals surface area contributed by atoms with Crippen molar-refractivity contribution in [2.45, 2.75) is 43.9 Å². The molecule has 0 aliphatic heterocycles. The number of benzene rings is 2. The summed E-state index contributed by atoms with van der Waals surface area (Å²) in [6.45, 7) is 1.60. The lowest BCUT2D eigenvalue weighted by Crippen LogP contribution is -2.49. The number of aliphatic hydroxyl groups excluding tert-OH is 1. The van der Waals surface area contributed by atoms with Crippen molar-refractivity contribution in [3.63, 3.8) is 0 Å². The van der Waals surface area contributed by atoms with E-state index in [-0.39, 0.29) is 24.4 Å². The van der Waals surface area contributed by atoms with Gasteiger partial charge in [0.25, 0.3) is 0 Å². The molecule has 4 rings (SSSR count). The van der Waals surface area contributed by atoms with Crippen LogP contribution in [0.5, 0.6) is 0 Å². The number of nitrogens with one attached hydrogen (secondary N) is 2. The Balaban J connectivity index is 1.45. The average Bonchev–Trinajstić information content (AvgIpc) is 3.33. The predicted octanol–water partition coefficient (Wildman–Crippen LogP) is 4.38. The second-order valence-corrected chi connectivity index (χ2v) is 9.19.